The maximum atomic E-state index is 4.56. The maximum absolute atomic E-state index is 4.56. The molecule has 6 heavy (non-hydrogen) atoms. The molecule has 0 aromatic carbocycles. The van der Waals surface area contributed by atoms with Gasteiger partial charge in [0, 0.05) is 6.16 Å². The second-order valence-corrected chi connectivity index (χ2v) is 1.96. The van der Waals surface area contributed by atoms with Gasteiger partial charge >= 0.3 is 0 Å². The van der Waals surface area contributed by atoms with Crippen LogP contribution in [0.1, 0.15) is 6.42 Å². The van der Waals surface area contributed by atoms with Crippen LogP contribution < -0.4 is 0 Å². The molecule has 0 spiro atoms. The number of rotatable bonds is 0. The average molecular weight is 105 g/mol. The summed E-state index contributed by atoms with van der Waals surface area (Å²) in [5.74, 6) is 0. The van der Waals surface area contributed by atoms with Crippen LogP contribution in [-0.2, 0) is 9.56 Å². The number of hydrogen-bond acceptors (Lipinski definition) is 2. The summed E-state index contributed by atoms with van der Waals surface area (Å²) in [7, 11) is 0.976. The Morgan fingerprint density at radius 1 is 1.50 bits per heavy atom. The molecule has 1 saturated heterocycles. The predicted octanol–water partition coefficient (Wildman–Crippen LogP) is 1.20. The van der Waals surface area contributed by atoms with Gasteiger partial charge in [-0.05, 0) is 6.42 Å². The highest BCUT2D eigenvalue weighted by Gasteiger charge is 1.97. The second-order valence-electron chi connectivity index (χ2n) is 1.10. The molecular weight excluding hydrogens is 99.0 g/mol. The zero-order valence-electron chi connectivity index (χ0n) is 3.39. The Kier molecular flexibility index (Phi) is 1.89. The molecule has 0 aromatic rings. The molecule has 2 nitrogen and oxygen atoms in total. The Morgan fingerprint density at radius 3 is 2.67 bits per heavy atom. The van der Waals surface area contributed by atoms with Crippen molar-refractivity contribution in [1.29, 1.82) is 0 Å². The van der Waals surface area contributed by atoms with Crippen molar-refractivity contribution < 1.29 is 9.56 Å². The van der Waals surface area contributed by atoms with Crippen molar-refractivity contribution >= 4 is 8.81 Å². The van der Waals surface area contributed by atoms with Gasteiger partial charge in [0.15, 0.2) is 0 Å². The van der Waals surface area contributed by atoms with Crippen molar-refractivity contribution in [1.82, 2.24) is 0 Å². The van der Waals surface area contributed by atoms with Gasteiger partial charge in [0.25, 0.3) is 0 Å². The highest BCUT2D eigenvalue weighted by atomic mass is 31.1. The average Bonchev–Trinajstić information content (AvgIpc) is 1.72. The van der Waals surface area contributed by atoms with Gasteiger partial charge in [-0.1, -0.05) is 0 Å². The van der Waals surface area contributed by atoms with E-state index in [2.05, 4.69) is 9.56 Å². The largest absolute Gasteiger partial charge is 0.233 e. The van der Waals surface area contributed by atoms with E-state index in [1.807, 2.05) is 0 Å². The summed E-state index contributed by atoms with van der Waals surface area (Å²) in [6.45, 7) is 0.771. The summed E-state index contributed by atoms with van der Waals surface area (Å²) in [4.78, 5) is 4.56. The molecule has 0 aliphatic carbocycles. The van der Waals surface area contributed by atoms with Crippen LogP contribution in [0.3, 0.4) is 0 Å². The smallest absolute Gasteiger partial charge is 0.126 e. The first-order valence-electron chi connectivity index (χ1n) is 1.95. The van der Waals surface area contributed by atoms with Crippen LogP contribution in [0, 0.1) is 0 Å². The Labute approximate surface area is 38.6 Å². The fourth-order valence-corrected chi connectivity index (χ4v) is 0.782. The minimum atomic E-state index is 0.771. The molecule has 0 aromatic heterocycles. The van der Waals surface area contributed by atoms with E-state index in [4.69, 9.17) is 0 Å². The molecule has 0 saturated carbocycles. The van der Waals surface area contributed by atoms with E-state index in [1.54, 1.807) is 0 Å². The van der Waals surface area contributed by atoms with Crippen molar-refractivity contribution in [2.75, 3.05) is 12.8 Å². The predicted molar refractivity (Wildman–Crippen MR) is 23.4 cm³/mol. The zero-order chi connectivity index (χ0) is 4.24. The van der Waals surface area contributed by atoms with Gasteiger partial charge in [-0.25, -0.2) is 9.56 Å². The third-order valence-corrected chi connectivity index (χ3v) is 1.29. The summed E-state index contributed by atoms with van der Waals surface area (Å²) in [5.41, 5.74) is 0. The van der Waals surface area contributed by atoms with Gasteiger partial charge in [0.1, 0.15) is 8.81 Å². The van der Waals surface area contributed by atoms with Gasteiger partial charge in [-0.2, -0.15) is 0 Å². The van der Waals surface area contributed by atoms with Crippen molar-refractivity contribution in [3.05, 3.63) is 0 Å². The van der Waals surface area contributed by atoms with Gasteiger partial charge < -0.3 is 0 Å². The highest BCUT2D eigenvalue weighted by molar-refractivity contribution is 7.32. The molecule has 1 heterocycles. The fraction of sp³-hybridized carbons (Fsp3) is 1.00. The lowest BCUT2D eigenvalue weighted by Gasteiger charge is -2.05. The van der Waals surface area contributed by atoms with Crippen LogP contribution in [0.15, 0.2) is 0 Å². The van der Waals surface area contributed by atoms with Crippen molar-refractivity contribution in [2.24, 2.45) is 0 Å². The first kappa shape index (κ1) is 4.51. The minimum absolute atomic E-state index is 0.771. The highest BCUT2D eigenvalue weighted by Crippen LogP contribution is 2.17. The molecular formula is C3H6O2P. The van der Waals surface area contributed by atoms with Crippen molar-refractivity contribution in [2.45, 2.75) is 6.42 Å². The first-order chi connectivity index (χ1) is 3.00. The lowest BCUT2D eigenvalue weighted by molar-refractivity contribution is -0.202. The quantitative estimate of drug-likeness (QED) is 0.340. The van der Waals surface area contributed by atoms with Gasteiger partial charge in [0.05, 0.1) is 6.61 Å². The van der Waals surface area contributed by atoms with Gasteiger partial charge in [-0.3, -0.25) is 0 Å². The monoisotopic (exact) mass is 105 g/mol. The molecule has 35 valence electrons. The summed E-state index contributed by atoms with van der Waals surface area (Å²) in [6, 6.07) is 0. The molecule has 1 aliphatic heterocycles. The summed E-state index contributed by atoms with van der Waals surface area (Å²) < 4.78 is 4.54. The molecule has 1 aliphatic rings. The third-order valence-electron chi connectivity index (χ3n) is 0.582. The molecule has 3 heteroatoms. The Morgan fingerprint density at radius 2 is 2.50 bits per heavy atom. The van der Waals surface area contributed by atoms with E-state index >= 15 is 0 Å². The topological polar surface area (TPSA) is 18.5 Å². The minimum Gasteiger partial charge on any atom is -0.233 e. The Hall–Kier alpha value is 0.350. The zero-order valence-corrected chi connectivity index (χ0v) is 4.28. The van der Waals surface area contributed by atoms with Crippen molar-refractivity contribution in [3.8, 4) is 0 Å². The van der Waals surface area contributed by atoms with Crippen LogP contribution in [0.25, 0.3) is 0 Å². The Bertz CT molecular complexity index is 24.3. The van der Waals surface area contributed by atoms with E-state index in [9.17, 15) is 0 Å². The molecule has 0 atom stereocenters. The molecule has 0 amide bonds. The molecule has 1 radical (unpaired) electrons. The van der Waals surface area contributed by atoms with Crippen LogP contribution in [0.5, 0.6) is 0 Å². The SMILES string of the molecule is C1COO[P]C1. The Balaban J connectivity index is 2.00. The normalized spacial score (nSPS) is 28.0. The van der Waals surface area contributed by atoms with Gasteiger partial charge in [0.2, 0.25) is 0 Å². The van der Waals surface area contributed by atoms with Gasteiger partial charge in [-0.15, -0.1) is 0 Å². The second kappa shape index (κ2) is 2.51. The van der Waals surface area contributed by atoms with E-state index in [-0.39, 0.29) is 0 Å². The first-order valence-corrected chi connectivity index (χ1v) is 2.95. The molecule has 1 fully saturated rings. The summed E-state index contributed by atoms with van der Waals surface area (Å²) in [6.07, 6.45) is 2.27. The molecule has 0 bridgehead atoms. The van der Waals surface area contributed by atoms with Crippen LogP contribution in [0.4, 0.5) is 0 Å². The molecule has 0 N–H and O–H groups in total. The lowest BCUT2D eigenvalue weighted by Crippen LogP contribution is -1.98. The fourth-order valence-electron chi connectivity index (χ4n) is 0.300. The third kappa shape index (κ3) is 1.21. The lowest BCUT2D eigenvalue weighted by atomic mass is 10.5. The van der Waals surface area contributed by atoms with E-state index in [1.165, 1.54) is 0 Å². The van der Waals surface area contributed by atoms with E-state index < -0.39 is 0 Å². The van der Waals surface area contributed by atoms with Crippen LogP contribution in [0.2, 0.25) is 0 Å². The van der Waals surface area contributed by atoms with Crippen LogP contribution in [-0.4, -0.2) is 12.8 Å². The van der Waals surface area contributed by atoms with E-state index in [0.717, 1.165) is 28.0 Å². The standard InChI is InChI=1S/C3H6O2P/c1-2-4-5-6-3-1/h1-3H2. The molecule has 1 rings (SSSR count). The summed E-state index contributed by atoms with van der Waals surface area (Å²) in [5, 5.41) is 0. The van der Waals surface area contributed by atoms with Crippen LogP contribution >= 0.6 is 8.81 Å². The van der Waals surface area contributed by atoms with Crippen molar-refractivity contribution in [3.63, 3.8) is 0 Å². The molecule has 0 unspecified atom stereocenters. The maximum Gasteiger partial charge on any atom is 0.126 e. The summed E-state index contributed by atoms with van der Waals surface area (Å²) >= 11 is 0. The number of hydrogen-bond donors (Lipinski definition) is 0. The van der Waals surface area contributed by atoms with E-state index in [0.29, 0.717) is 0 Å².